The van der Waals surface area contributed by atoms with Gasteiger partial charge in [-0.25, -0.2) is 4.79 Å². The van der Waals surface area contributed by atoms with Crippen molar-refractivity contribution in [1.82, 2.24) is 15.5 Å². The van der Waals surface area contributed by atoms with Crippen LogP contribution in [0.15, 0.2) is 83.4 Å². The first-order valence-corrected chi connectivity index (χ1v) is 13.9. The van der Waals surface area contributed by atoms with Gasteiger partial charge in [-0.15, -0.1) is 0 Å². The summed E-state index contributed by atoms with van der Waals surface area (Å²) in [5, 5.41) is 6.52. The van der Waals surface area contributed by atoms with Crippen molar-refractivity contribution in [3.8, 4) is 11.5 Å². The lowest BCUT2D eigenvalue weighted by atomic mass is 10.0. The SMILES string of the molecule is COc1cccc(CCOc2ccc(Cc3nc(C(=O)[C@H](CCCCN)NC(=O)OCc4ccccc4)no3)cc2)c1. The van der Waals surface area contributed by atoms with E-state index < -0.39 is 17.9 Å². The van der Waals surface area contributed by atoms with Crippen LogP contribution in [0.3, 0.4) is 0 Å². The Morgan fingerprint density at radius 2 is 1.71 bits per heavy atom. The summed E-state index contributed by atoms with van der Waals surface area (Å²) in [6.45, 7) is 1.11. The third-order valence-corrected chi connectivity index (χ3v) is 6.53. The molecular weight excluding hydrogens is 536 g/mol. The fourth-order valence-electron chi connectivity index (χ4n) is 4.24. The number of nitrogens with zero attached hydrogens (tertiary/aromatic N) is 2. The van der Waals surface area contributed by atoms with Crippen molar-refractivity contribution in [3.63, 3.8) is 0 Å². The first kappa shape index (κ1) is 30.3. The van der Waals surface area contributed by atoms with Crippen LogP contribution in [0.4, 0.5) is 4.79 Å². The van der Waals surface area contributed by atoms with Crippen LogP contribution < -0.4 is 20.5 Å². The van der Waals surface area contributed by atoms with Crippen LogP contribution in [-0.4, -0.2) is 48.3 Å². The van der Waals surface area contributed by atoms with Gasteiger partial charge in [0.05, 0.1) is 26.2 Å². The Morgan fingerprint density at radius 1 is 0.929 bits per heavy atom. The largest absolute Gasteiger partial charge is 0.497 e. The van der Waals surface area contributed by atoms with Crippen molar-refractivity contribution in [2.24, 2.45) is 5.73 Å². The number of ketones is 1. The molecule has 1 aromatic heterocycles. The maximum atomic E-state index is 13.2. The number of benzene rings is 3. The Bertz CT molecular complexity index is 1410. The van der Waals surface area contributed by atoms with E-state index >= 15 is 0 Å². The zero-order chi connectivity index (χ0) is 29.6. The van der Waals surface area contributed by atoms with E-state index in [2.05, 4.69) is 15.5 Å². The number of hydrogen-bond donors (Lipinski definition) is 2. The average Bonchev–Trinajstić information content (AvgIpc) is 3.49. The quantitative estimate of drug-likeness (QED) is 0.142. The second-order valence-electron chi connectivity index (χ2n) is 9.69. The number of methoxy groups -OCH3 is 1. The minimum atomic E-state index is -0.862. The molecule has 10 heteroatoms. The highest BCUT2D eigenvalue weighted by Gasteiger charge is 2.27. The first-order chi connectivity index (χ1) is 20.5. The molecule has 1 heterocycles. The summed E-state index contributed by atoms with van der Waals surface area (Å²) in [5.74, 6) is 1.32. The van der Waals surface area contributed by atoms with Crippen molar-refractivity contribution >= 4 is 11.9 Å². The van der Waals surface area contributed by atoms with Gasteiger partial charge in [0.15, 0.2) is 0 Å². The van der Waals surface area contributed by atoms with Crippen LogP contribution in [0.25, 0.3) is 0 Å². The van der Waals surface area contributed by atoms with Crippen LogP contribution in [0.1, 0.15) is 52.5 Å². The molecule has 0 fully saturated rings. The Hall–Kier alpha value is -4.70. The molecule has 220 valence electrons. The third-order valence-electron chi connectivity index (χ3n) is 6.53. The van der Waals surface area contributed by atoms with Crippen LogP contribution in [0.2, 0.25) is 0 Å². The molecule has 3 aromatic carbocycles. The van der Waals surface area contributed by atoms with Gasteiger partial charge in [-0.2, -0.15) is 4.98 Å². The standard InChI is InChI=1S/C32H36N4O6/c1-39-27-11-7-10-23(20-27)17-19-40-26-15-13-24(14-16-26)21-29-35-31(36-42-29)30(37)28(12-5-6-18-33)34-32(38)41-22-25-8-3-2-4-9-25/h2-4,7-11,13-16,20,28H,5-6,12,17-19,21-22,33H2,1H3,(H,34,38)/t28-/m0/s1. The Labute approximate surface area is 245 Å². The molecule has 3 N–H and O–H groups in total. The second-order valence-corrected chi connectivity index (χ2v) is 9.69. The zero-order valence-corrected chi connectivity index (χ0v) is 23.7. The predicted molar refractivity (Wildman–Crippen MR) is 157 cm³/mol. The zero-order valence-electron chi connectivity index (χ0n) is 23.7. The lowest BCUT2D eigenvalue weighted by Crippen LogP contribution is -2.41. The molecule has 0 saturated heterocycles. The summed E-state index contributed by atoms with van der Waals surface area (Å²) in [6, 6.07) is 23.9. The summed E-state index contributed by atoms with van der Waals surface area (Å²) in [4.78, 5) is 29.9. The van der Waals surface area contributed by atoms with Crippen molar-refractivity contribution in [2.75, 3.05) is 20.3 Å². The Balaban J connectivity index is 1.29. The number of nitrogens with two attached hydrogens (primary N) is 1. The highest BCUT2D eigenvalue weighted by atomic mass is 16.5. The highest BCUT2D eigenvalue weighted by Crippen LogP contribution is 2.17. The Morgan fingerprint density at radius 3 is 2.48 bits per heavy atom. The van der Waals surface area contributed by atoms with E-state index in [1.807, 2.05) is 78.9 Å². The van der Waals surface area contributed by atoms with E-state index in [0.29, 0.717) is 38.8 Å². The molecule has 1 amide bonds. The molecule has 0 aliphatic rings. The van der Waals surface area contributed by atoms with Gasteiger partial charge >= 0.3 is 6.09 Å². The summed E-state index contributed by atoms with van der Waals surface area (Å²) < 4.78 is 21.8. The van der Waals surface area contributed by atoms with Crippen molar-refractivity contribution in [3.05, 3.63) is 107 Å². The number of Topliss-reactive ketones (excluding diaryl/α,β-unsaturated/α-hetero) is 1. The van der Waals surface area contributed by atoms with E-state index in [-0.39, 0.29) is 18.3 Å². The van der Waals surface area contributed by atoms with Gasteiger partial charge in [-0.3, -0.25) is 4.79 Å². The monoisotopic (exact) mass is 572 g/mol. The molecule has 0 bridgehead atoms. The molecule has 0 spiro atoms. The van der Waals surface area contributed by atoms with E-state index in [1.165, 1.54) is 0 Å². The first-order valence-electron chi connectivity index (χ1n) is 13.9. The molecule has 4 rings (SSSR count). The topological polar surface area (TPSA) is 139 Å². The molecule has 1 atom stereocenters. The van der Waals surface area contributed by atoms with Crippen LogP contribution in [0, 0.1) is 0 Å². The summed E-state index contributed by atoms with van der Waals surface area (Å²) in [6.07, 6.45) is 2.13. The smallest absolute Gasteiger partial charge is 0.408 e. The maximum absolute atomic E-state index is 13.2. The van der Waals surface area contributed by atoms with Crippen molar-refractivity contribution < 1.29 is 28.3 Å². The van der Waals surface area contributed by atoms with E-state index in [9.17, 15) is 9.59 Å². The van der Waals surface area contributed by atoms with Gasteiger partial charge < -0.3 is 29.8 Å². The number of rotatable bonds is 16. The predicted octanol–water partition coefficient (Wildman–Crippen LogP) is 4.90. The fourth-order valence-corrected chi connectivity index (χ4v) is 4.24. The number of ether oxygens (including phenoxy) is 3. The van der Waals surface area contributed by atoms with Gasteiger partial charge in [0.2, 0.25) is 17.5 Å². The van der Waals surface area contributed by atoms with Gasteiger partial charge in [0.25, 0.3) is 0 Å². The molecular formula is C32H36N4O6. The molecule has 0 unspecified atom stereocenters. The van der Waals surface area contributed by atoms with E-state index in [0.717, 1.165) is 34.6 Å². The third kappa shape index (κ3) is 9.45. The fraction of sp³-hybridized carbons (Fsp3) is 0.312. The average molecular weight is 573 g/mol. The number of unbranched alkanes of at least 4 members (excludes halogenated alkanes) is 1. The molecule has 4 aromatic rings. The van der Waals surface area contributed by atoms with Gasteiger partial charge in [-0.1, -0.05) is 59.8 Å². The highest BCUT2D eigenvalue weighted by molar-refractivity contribution is 5.98. The number of nitrogens with one attached hydrogen (secondary N) is 1. The molecule has 0 aliphatic heterocycles. The minimum absolute atomic E-state index is 0.0921. The van der Waals surface area contributed by atoms with E-state index in [4.69, 9.17) is 24.5 Å². The number of alkyl carbamates (subject to hydrolysis) is 1. The molecule has 0 aliphatic carbocycles. The van der Waals surface area contributed by atoms with Crippen molar-refractivity contribution in [1.29, 1.82) is 0 Å². The lowest BCUT2D eigenvalue weighted by Gasteiger charge is -2.16. The number of carbonyl (C=O) groups excluding carboxylic acids is 2. The maximum Gasteiger partial charge on any atom is 0.408 e. The van der Waals surface area contributed by atoms with Gasteiger partial charge in [0, 0.05) is 6.42 Å². The van der Waals surface area contributed by atoms with Gasteiger partial charge in [0.1, 0.15) is 18.1 Å². The number of carbonyl (C=O) groups is 2. The van der Waals surface area contributed by atoms with Crippen LogP contribution in [-0.2, 0) is 24.2 Å². The van der Waals surface area contributed by atoms with Crippen LogP contribution >= 0.6 is 0 Å². The van der Waals surface area contributed by atoms with Gasteiger partial charge in [-0.05, 0) is 66.8 Å². The summed E-state index contributed by atoms with van der Waals surface area (Å²) >= 11 is 0. The molecule has 0 radical (unpaired) electrons. The Kier molecular flexibility index (Phi) is 11.5. The van der Waals surface area contributed by atoms with Crippen LogP contribution in [0.5, 0.6) is 11.5 Å². The molecule has 0 saturated carbocycles. The second kappa shape index (κ2) is 15.9. The number of hydrogen-bond acceptors (Lipinski definition) is 9. The number of aromatic nitrogens is 2. The van der Waals surface area contributed by atoms with E-state index in [1.54, 1.807) is 7.11 Å². The number of amides is 1. The summed E-state index contributed by atoms with van der Waals surface area (Å²) in [5.41, 5.74) is 8.50. The normalized spacial score (nSPS) is 11.5. The molecule has 42 heavy (non-hydrogen) atoms. The molecule has 10 nitrogen and oxygen atoms in total. The van der Waals surface area contributed by atoms with Crippen molar-refractivity contribution in [2.45, 2.75) is 44.8 Å². The summed E-state index contributed by atoms with van der Waals surface area (Å²) in [7, 11) is 1.65. The lowest BCUT2D eigenvalue weighted by molar-refractivity contribution is 0.0896. The minimum Gasteiger partial charge on any atom is -0.497 e.